The SMILES string of the molecule is CC(C)(C(=O)O)n1cc(NC(=O)CC2(CS(C)(=O)=O)CC2)cn1. The van der Waals surface area contributed by atoms with Gasteiger partial charge in [-0.3, -0.25) is 9.48 Å². The predicted molar refractivity (Wildman–Crippen MR) is 83.8 cm³/mol. The number of anilines is 1. The number of nitrogens with one attached hydrogen (secondary N) is 1. The summed E-state index contributed by atoms with van der Waals surface area (Å²) in [5, 5.41) is 15.8. The molecule has 2 N–H and O–H groups in total. The zero-order chi connectivity index (χ0) is 17.5. The Balaban J connectivity index is 2.00. The molecule has 0 spiro atoms. The van der Waals surface area contributed by atoms with Crippen LogP contribution >= 0.6 is 0 Å². The molecule has 1 aliphatic rings. The molecule has 23 heavy (non-hydrogen) atoms. The van der Waals surface area contributed by atoms with Gasteiger partial charge in [-0.1, -0.05) is 0 Å². The number of aliphatic carboxylic acids is 1. The van der Waals surface area contributed by atoms with Crippen LogP contribution in [0.3, 0.4) is 0 Å². The minimum absolute atomic E-state index is 0.0126. The Morgan fingerprint density at radius 3 is 2.52 bits per heavy atom. The van der Waals surface area contributed by atoms with Gasteiger partial charge in [0.25, 0.3) is 0 Å². The average Bonchev–Trinajstić information content (AvgIpc) is 2.93. The zero-order valence-corrected chi connectivity index (χ0v) is 14.2. The summed E-state index contributed by atoms with van der Waals surface area (Å²) in [5.41, 5.74) is -1.29. The molecule has 9 heteroatoms. The first kappa shape index (κ1) is 17.5. The van der Waals surface area contributed by atoms with E-state index < -0.39 is 26.8 Å². The lowest BCUT2D eigenvalue weighted by Gasteiger charge is -2.19. The van der Waals surface area contributed by atoms with Crippen LogP contribution in [0.1, 0.15) is 33.1 Å². The van der Waals surface area contributed by atoms with Crippen molar-refractivity contribution in [3.63, 3.8) is 0 Å². The standard InChI is InChI=1S/C14H21N3O5S/c1-13(2,12(19)20)17-8-10(7-15-17)16-11(18)6-14(4-5-14)9-23(3,21)22/h7-8H,4-6,9H2,1-3H3,(H,16,18)(H,19,20). The highest BCUT2D eigenvalue weighted by molar-refractivity contribution is 7.90. The topological polar surface area (TPSA) is 118 Å². The molecular formula is C14H21N3O5S. The Kier molecular flexibility index (Phi) is 4.27. The Hall–Kier alpha value is -1.90. The molecule has 1 heterocycles. The minimum Gasteiger partial charge on any atom is -0.479 e. The summed E-state index contributed by atoms with van der Waals surface area (Å²) in [5.74, 6) is -1.32. The lowest BCUT2D eigenvalue weighted by atomic mass is 10.1. The van der Waals surface area contributed by atoms with Crippen LogP contribution in [0.5, 0.6) is 0 Å². The summed E-state index contributed by atoms with van der Waals surface area (Å²) in [7, 11) is -3.12. The summed E-state index contributed by atoms with van der Waals surface area (Å²) in [6, 6.07) is 0. The van der Waals surface area contributed by atoms with Crippen molar-refractivity contribution in [2.45, 2.75) is 38.6 Å². The molecule has 0 radical (unpaired) electrons. The summed E-state index contributed by atoms with van der Waals surface area (Å²) in [4.78, 5) is 23.3. The van der Waals surface area contributed by atoms with E-state index in [9.17, 15) is 18.0 Å². The molecule has 1 saturated carbocycles. The highest BCUT2D eigenvalue weighted by Gasteiger charge is 2.46. The molecule has 0 saturated heterocycles. The van der Waals surface area contributed by atoms with E-state index in [1.165, 1.54) is 37.2 Å². The maximum atomic E-state index is 12.1. The second-order valence-corrected chi connectivity index (χ2v) is 8.97. The number of carboxylic acid groups (broad SMARTS) is 1. The van der Waals surface area contributed by atoms with Crippen LogP contribution in [0.2, 0.25) is 0 Å². The third-order valence-corrected chi connectivity index (χ3v) is 5.16. The van der Waals surface area contributed by atoms with E-state index in [1.54, 1.807) is 0 Å². The first-order valence-electron chi connectivity index (χ1n) is 7.20. The van der Waals surface area contributed by atoms with Gasteiger partial charge in [-0.05, 0) is 32.1 Å². The van der Waals surface area contributed by atoms with Crippen LogP contribution in [-0.2, 0) is 25.0 Å². The van der Waals surface area contributed by atoms with Crippen molar-refractivity contribution in [3.05, 3.63) is 12.4 Å². The van der Waals surface area contributed by atoms with Gasteiger partial charge in [-0.25, -0.2) is 13.2 Å². The van der Waals surface area contributed by atoms with Gasteiger partial charge in [0.15, 0.2) is 5.54 Å². The first-order valence-corrected chi connectivity index (χ1v) is 9.26. The Morgan fingerprint density at radius 1 is 1.43 bits per heavy atom. The maximum absolute atomic E-state index is 12.1. The molecule has 0 bridgehead atoms. The Labute approximate surface area is 134 Å². The highest BCUT2D eigenvalue weighted by Crippen LogP contribution is 2.49. The van der Waals surface area contributed by atoms with Crippen LogP contribution in [0.15, 0.2) is 12.4 Å². The molecule has 8 nitrogen and oxygen atoms in total. The van der Waals surface area contributed by atoms with E-state index in [2.05, 4.69) is 10.4 Å². The van der Waals surface area contributed by atoms with Gasteiger partial charge >= 0.3 is 5.97 Å². The number of rotatable bonds is 7. The first-order chi connectivity index (χ1) is 10.4. The van der Waals surface area contributed by atoms with Crippen LogP contribution in [0.4, 0.5) is 5.69 Å². The second kappa shape index (κ2) is 5.63. The number of hydrogen-bond acceptors (Lipinski definition) is 5. The Morgan fingerprint density at radius 2 is 2.04 bits per heavy atom. The van der Waals surface area contributed by atoms with Gasteiger partial charge in [0.05, 0.1) is 17.6 Å². The van der Waals surface area contributed by atoms with E-state index in [0.29, 0.717) is 5.69 Å². The van der Waals surface area contributed by atoms with Crippen molar-refractivity contribution >= 4 is 27.4 Å². The van der Waals surface area contributed by atoms with Crippen LogP contribution in [0.25, 0.3) is 0 Å². The fourth-order valence-electron chi connectivity index (χ4n) is 2.44. The molecule has 1 aromatic heterocycles. The molecule has 1 aliphatic carbocycles. The van der Waals surface area contributed by atoms with Crippen LogP contribution in [0, 0.1) is 5.41 Å². The molecule has 1 fully saturated rings. The lowest BCUT2D eigenvalue weighted by Crippen LogP contribution is -2.35. The fraction of sp³-hybridized carbons (Fsp3) is 0.643. The van der Waals surface area contributed by atoms with E-state index in [1.807, 2.05) is 0 Å². The van der Waals surface area contributed by atoms with E-state index in [4.69, 9.17) is 5.11 Å². The van der Waals surface area contributed by atoms with E-state index in [-0.39, 0.29) is 18.1 Å². The maximum Gasteiger partial charge on any atom is 0.331 e. The van der Waals surface area contributed by atoms with E-state index >= 15 is 0 Å². The summed E-state index contributed by atoms with van der Waals surface area (Å²) < 4.78 is 24.1. The molecular weight excluding hydrogens is 322 g/mol. The van der Waals surface area contributed by atoms with Crippen molar-refractivity contribution < 1.29 is 23.1 Å². The summed E-state index contributed by atoms with van der Waals surface area (Å²) in [6.07, 6.45) is 5.56. The number of sulfone groups is 1. The summed E-state index contributed by atoms with van der Waals surface area (Å²) in [6.45, 7) is 3.00. The molecule has 0 atom stereocenters. The molecule has 1 amide bonds. The largest absolute Gasteiger partial charge is 0.479 e. The normalized spacial score (nSPS) is 16.8. The van der Waals surface area contributed by atoms with Crippen LogP contribution in [-0.4, -0.2) is 47.2 Å². The van der Waals surface area contributed by atoms with Gasteiger partial charge in [0.1, 0.15) is 9.84 Å². The molecule has 1 aromatic rings. The zero-order valence-electron chi connectivity index (χ0n) is 13.4. The third kappa shape index (κ3) is 4.31. The number of nitrogens with zero attached hydrogens (tertiary/aromatic N) is 2. The molecule has 0 unspecified atom stereocenters. The minimum atomic E-state index is -3.12. The number of carbonyl (C=O) groups excluding carboxylic acids is 1. The van der Waals surface area contributed by atoms with Crippen molar-refractivity contribution in [2.24, 2.45) is 5.41 Å². The highest BCUT2D eigenvalue weighted by atomic mass is 32.2. The molecule has 0 aromatic carbocycles. The van der Waals surface area contributed by atoms with Gasteiger partial charge in [-0.2, -0.15) is 5.10 Å². The van der Waals surface area contributed by atoms with Gasteiger partial charge < -0.3 is 10.4 Å². The molecule has 0 aliphatic heterocycles. The fourth-order valence-corrected chi connectivity index (χ4v) is 3.95. The van der Waals surface area contributed by atoms with Gasteiger partial charge in [0.2, 0.25) is 5.91 Å². The van der Waals surface area contributed by atoms with Crippen molar-refractivity contribution in [1.29, 1.82) is 0 Å². The second-order valence-electron chi connectivity index (χ2n) is 6.83. The monoisotopic (exact) mass is 343 g/mol. The summed E-state index contributed by atoms with van der Waals surface area (Å²) >= 11 is 0. The molecule has 2 rings (SSSR count). The van der Waals surface area contributed by atoms with Gasteiger partial charge in [-0.15, -0.1) is 0 Å². The van der Waals surface area contributed by atoms with E-state index in [0.717, 1.165) is 12.8 Å². The number of amides is 1. The number of carbonyl (C=O) groups is 2. The molecule has 128 valence electrons. The van der Waals surface area contributed by atoms with Crippen molar-refractivity contribution in [1.82, 2.24) is 9.78 Å². The number of aromatic nitrogens is 2. The van der Waals surface area contributed by atoms with Crippen molar-refractivity contribution in [2.75, 3.05) is 17.3 Å². The van der Waals surface area contributed by atoms with Crippen molar-refractivity contribution in [3.8, 4) is 0 Å². The third-order valence-electron chi connectivity index (χ3n) is 4.02. The number of carboxylic acids is 1. The average molecular weight is 343 g/mol. The van der Waals surface area contributed by atoms with Crippen LogP contribution < -0.4 is 5.32 Å². The Bertz CT molecular complexity index is 731. The van der Waals surface area contributed by atoms with Gasteiger partial charge in [0, 0.05) is 18.9 Å². The lowest BCUT2D eigenvalue weighted by molar-refractivity contribution is -0.146. The quantitative estimate of drug-likeness (QED) is 0.758. The predicted octanol–water partition coefficient (Wildman–Crippen LogP) is 0.856. The number of hydrogen-bond donors (Lipinski definition) is 2. The smallest absolute Gasteiger partial charge is 0.331 e.